The summed E-state index contributed by atoms with van der Waals surface area (Å²) in [4.78, 5) is 14.3. The minimum absolute atomic E-state index is 0.0732. The fourth-order valence-corrected chi connectivity index (χ4v) is 2.78. The molecule has 1 aliphatic carbocycles. The van der Waals surface area contributed by atoms with E-state index >= 15 is 0 Å². The Balaban J connectivity index is 2.61. The molecule has 1 amide bonds. The van der Waals surface area contributed by atoms with Crippen LogP contribution in [0.5, 0.6) is 0 Å². The van der Waals surface area contributed by atoms with Gasteiger partial charge in [0.05, 0.1) is 12.6 Å². The molecule has 1 saturated carbocycles. The first-order valence-electron chi connectivity index (χ1n) is 7.23. The number of aliphatic hydroxyl groups is 1. The molecule has 0 heterocycles. The summed E-state index contributed by atoms with van der Waals surface area (Å²) in [7, 11) is 0. The van der Waals surface area contributed by atoms with E-state index in [1.54, 1.807) is 0 Å². The van der Waals surface area contributed by atoms with E-state index in [0.717, 1.165) is 12.8 Å². The van der Waals surface area contributed by atoms with E-state index in [2.05, 4.69) is 10.2 Å². The maximum Gasteiger partial charge on any atom is 0.237 e. The van der Waals surface area contributed by atoms with Gasteiger partial charge >= 0.3 is 0 Å². The van der Waals surface area contributed by atoms with Crippen molar-refractivity contribution in [3.05, 3.63) is 0 Å². The van der Waals surface area contributed by atoms with Crippen molar-refractivity contribution in [3.63, 3.8) is 0 Å². The van der Waals surface area contributed by atoms with Crippen molar-refractivity contribution in [2.45, 2.75) is 71.0 Å². The van der Waals surface area contributed by atoms with Crippen molar-refractivity contribution in [3.8, 4) is 0 Å². The highest BCUT2D eigenvalue weighted by atomic mass is 16.3. The Kier molecular flexibility index (Phi) is 6.65. The molecule has 0 radical (unpaired) electrons. The molecule has 1 atom stereocenters. The van der Waals surface area contributed by atoms with E-state index in [4.69, 9.17) is 0 Å². The largest absolute Gasteiger partial charge is 0.395 e. The van der Waals surface area contributed by atoms with Crippen LogP contribution in [0.25, 0.3) is 0 Å². The fourth-order valence-electron chi connectivity index (χ4n) is 2.78. The van der Waals surface area contributed by atoms with Crippen molar-refractivity contribution in [1.82, 2.24) is 10.2 Å². The predicted molar refractivity (Wildman–Crippen MR) is 73.4 cm³/mol. The van der Waals surface area contributed by atoms with Crippen LogP contribution in [0.15, 0.2) is 0 Å². The first kappa shape index (κ1) is 15.4. The van der Waals surface area contributed by atoms with Gasteiger partial charge < -0.3 is 10.4 Å². The van der Waals surface area contributed by atoms with Gasteiger partial charge in [0, 0.05) is 18.6 Å². The zero-order chi connectivity index (χ0) is 13.5. The third-order valence-electron chi connectivity index (χ3n) is 3.71. The molecule has 4 nitrogen and oxygen atoms in total. The predicted octanol–water partition coefficient (Wildman–Crippen LogP) is 1.53. The van der Waals surface area contributed by atoms with Crippen LogP contribution in [0.4, 0.5) is 0 Å². The Morgan fingerprint density at radius 3 is 2.39 bits per heavy atom. The maximum atomic E-state index is 12.1. The summed E-state index contributed by atoms with van der Waals surface area (Å²) in [5.74, 6) is 0.0732. The Hall–Kier alpha value is -0.610. The van der Waals surface area contributed by atoms with Crippen LogP contribution in [-0.4, -0.2) is 47.2 Å². The third-order valence-corrected chi connectivity index (χ3v) is 3.71. The Morgan fingerprint density at radius 2 is 1.89 bits per heavy atom. The van der Waals surface area contributed by atoms with Crippen LogP contribution >= 0.6 is 0 Å². The lowest BCUT2D eigenvalue weighted by atomic mass is 9.93. The van der Waals surface area contributed by atoms with Gasteiger partial charge in [0.25, 0.3) is 0 Å². The molecule has 1 rings (SSSR count). The molecule has 0 aromatic carbocycles. The third kappa shape index (κ3) is 4.58. The number of nitrogens with one attached hydrogen (secondary N) is 1. The topological polar surface area (TPSA) is 52.6 Å². The van der Waals surface area contributed by atoms with Crippen LogP contribution in [-0.2, 0) is 4.79 Å². The van der Waals surface area contributed by atoms with E-state index in [-0.39, 0.29) is 24.6 Å². The number of carbonyl (C=O) groups excluding carboxylic acids is 1. The summed E-state index contributed by atoms with van der Waals surface area (Å²) in [5.41, 5.74) is 0. The molecule has 0 aromatic heterocycles. The monoisotopic (exact) mass is 256 g/mol. The number of hydrogen-bond donors (Lipinski definition) is 2. The highest BCUT2D eigenvalue weighted by molar-refractivity contribution is 5.81. The van der Waals surface area contributed by atoms with Crippen LogP contribution in [0, 0.1) is 0 Å². The molecule has 0 saturated heterocycles. The normalized spacial score (nSPS) is 19.2. The number of rotatable bonds is 6. The lowest BCUT2D eigenvalue weighted by molar-refractivity contribution is -0.127. The maximum absolute atomic E-state index is 12.1. The second kappa shape index (κ2) is 7.74. The number of carbonyl (C=O) groups is 1. The molecule has 1 aliphatic rings. The molecular formula is C14H28N2O2. The molecule has 106 valence electrons. The lowest BCUT2D eigenvalue weighted by Crippen LogP contribution is -2.52. The Bertz CT molecular complexity index is 250. The lowest BCUT2D eigenvalue weighted by Gasteiger charge is -2.37. The van der Waals surface area contributed by atoms with E-state index in [1.807, 2.05) is 20.8 Å². The van der Waals surface area contributed by atoms with Gasteiger partial charge in [0.15, 0.2) is 0 Å². The SMILES string of the molecule is CC(C)NC(=O)C(C)N(CCO)C1CCCCC1. The van der Waals surface area contributed by atoms with Crippen LogP contribution in [0.3, 0.4) is 0 Å². The Morgan fingerprint density at radius 1 is 1.28 bits per heavy atom. The molecule has 0 bridgehead atoms. The van der Waals surface area contributed by atoms with E-state index in [0.29, 0.717) is 12.6 Å². The molecule has 0 aromatic rings. The van der Waals surface area contributed by atoms with Gasteiger partial charge in [-0.25, -0.2) is 0 Å². The first-order valence-corrected chi connectivity index (χ1v) is 7.23. The molecule has 2 N–H and O–H groups in total. The average molecular weight is 256 g/mol. The van der Waals surface area contributed by atoms with E-state index in [9.17, 15) is 9.90 Å². The number of nitrogens with zero attached hydrogens (tertiary/aromatic N) is 1. The average Bonchev–Trinajstić information content (AvgIpc) is 2.35. The van der Waals surface area contributed by atoms with E-state index < -0.39 is 0 Å². The van der Waals surface area contributed by atoms with Crippen molar-refractivity contribution in [2.24, 2.45) is 0 Å². The van der Waals surface area contributed by atoms with E-state index in [1.165, 1.54) is 19.3 Å². The number of hydrogen-bond acceptors (Lipinski definition) is 3. The number of amides is 1. The van der Waals surface area contributed by atoms with Gasteiger partial charge in [-0.15, -0.1) is 0 Å². The highest BCUT2D eigenvalue weighted by Crippen LogP contribution is 2.24. The second-order valence-corrected chi connectivity index (χ2v) is 5.59. The van der Waals surface area contributed by atoms with Gasteiger partial charge in [-0.2, -0.15) is 0 Å². The first-order chi connectivity index (χ1) is 8.56. The van der Waals surface area contributed by atoms with Gasteiger partial charge in [0.1, 0.15) is 0 Å². The van der Waals surface area contributed by atoms with Gasteiger partial charge in [-0.3, -0.25) is 9.69 Å². The second-order valence-electron chi connectivity index (χ2n) is 5.59. The summed E-state index contributed by atoms with van der Waals surface area (Å²) in [6.07, 6.45) is 6.09. The summed E-state index contributed by atoms with van der Waals surface area (Å²) in [6.45, 7) is 6.61. The van der Waals surface area contributed by atoms with Crippen molar-refractivity contribution in [1.29, 1.82) is 0 Å². The summed E-state index contributed by atoms with van der Waals surface area (Å²) < 4.78 is 0. The molecule has 0 spiro atoms. The molecule has 18 heavy (non-hydrogen) atoms. The quantitative estimate of drug-likeness (QED) is 0.758. The molecule has 1 unspecified atom stereocenters. The van der Waals surface area contributed by atoms with Crippen molar-refractivity contribution >= 4 is 5.91 Å². The van der Waals surface area contributed by atoms with Gasteiger partial charge in [0.2, 0.25) is 5.91 Å². The standard InChI is InChI=1S/C14H28N2O2/c1-11(2)15-14(18)12(3)16(9-10-17)13-7-5-4-6-8-13/h11-13,17H,4-10H2,1-3H3,(H,15,18). The van der Waals surface area contributed by atoms with Crippen LogP contribution in [0.1, 0.15) is 52.9 Å². The summed E-state index contributed by atoms with van der Waals surface area (Å²) >= 11 is 0. The highest BCUT2D eigenvalue weighted by Gasteiger charge is 2.28. The fraction of sp³-hybridized carbons (Fsp3) is 0.929. The summed E-state index contributed by atoms with van der Waals surface area (Å²) in [6, 6.07) is 0.476. The van der Waals surface area contributed by atoms with Crippen LogP contribution < -0.4 is 5.32 Å². The van der Waals surface area contributed by atoms with Crippen LogP contribution in [0.2, 0.25) is 0 Å². The zero-order valence-corrected chi connectivity index (χ0v) is 12.0. The zero-order valence-electron chi connectivity index (χ0n) is 12.0. The molecule has 1 fully saturated rings. The molecular weight excluding hydrogens is 228 g/mol. The molecule has 4 heteroatoms. The number of aliphatic hydroxyl groups excluding tert-OH is 1. The minimum Gasteiger partial charge on any atom is -0.395 e. The Labute approximate surface area is 111 Å². The van der Waals surface area contributed by atoms with Gasteiger partial charge in [-0.1, -0.05) is 19.3 Å². The van der Waals surface area contributed by atoms with Crippen molar-refractivity contribution in [2.75, 3.05) is 13.2 Å². The van der Waals surface area contributed by atoms with Gasteiger partial charge in [-0.05, 0) is 33.6 Å². The summed E-state index contributed by atoms with van der Waals surface area (Å²) in [5, 5.41) is 12.2. The smallest absolute Gasteiger partial charge is 0.237 e. The van der Waals surface area contributed by atoms with Crippen molar-refractivity contribution < 1.29 is 9.90 Å². The minimum atomic E-state index is -0.150. The molecule has 0 aliphatic heterocycles.